The number of piperazine rings is 1. The zero-order valence-electron chi connectivity index (χ0n) is 11.8. The minimum Gasteiger partial charge on any atom is -0.497 e. The molecule has 5 heteroatoms. The van der Waals surface area contributed by atoms with E-state index in [1.807, 2.05) is 23.1 Å². The van der Waals surface area contributed by atoms with E-state index in [4.69, 9.17) is 10.5 Å². The van der Waals surface area contributed by atoms with Crippen molar-refractivity contribution < 1.29 is 9.53 Å². The van der Waals surface area contributed by atoms with Gasteiger partial charge in [0, 0.05) is 50.4 Å². The van der Waals surface area contributed by atoms with E-state index < -0.39 is 0 Å². The van der Waals surface area contributed by atoms with Crippen molar-refractivity contribution in [3.63, 3.8) is 0 Å². The number of hydrogen-bond donors (Lipinski definition) is 1. The highest BCUT2D eigenvalue weighted by molar-refractivity contribution is 5.78. The van der Waals surface area contributed by atoms with Crippen LogP contribution in [0.4, 0.5) is 5.69 Å². The van der Waals surface area contributed by atoms with Crippen LogP contribution in [0.25, 0.3) is 0 Å². The Morgan fingerprint density at radius 1 is 1.35 bits per heavy atom. The minimum atomic E-state index is 0.320. The highest BCUT2D eigenvalue weighted by Gasteiger charge is 2.35. The van der Waals surface area contributed by atoms with E-state index in [0.717, 1.165) is 44.0 Å². The first-order valence-corrected chi connectivity index (χ1v) is 7.11. The van der Waals surface area contributed by atoms with Crippen molar-refractivity contribution in [2.45, 2.75) is 25.4 Å². The highest BCUT2D eigenvalue weighted by Crippen LogP contribution is 2.25. The maximum Gasteiger partial charge on any atom is 0.222 e. The van der Waals surface area contributed by atoms with Crippen molar-refractivity contribution in [3.05, 3.63) is 23.8 Å². The first-order chi connectivity index (χ1) is 9.65. The van der Waals surface area contributed by atoms with Crippen molar-refractivity contribution >= 4 is 11.6 Å². The molecule has 2 aliphatic heterocycles. The van der Waals surface area contributed by atoms with E-state index in [1.165, 1.54) is 5.56 Å². The monoisotopic (exact) mass is 275 g/mol. The van der Waals surface area contributed by atoms with Crippen LogP contribution in [0, 0.1) is 0 Å². The van der Waals surface area contributed by atoms with E-state index >= 15 is 0 Å². The van der Waals surface area contributed by atoms with E-state index in [9.17, 15) is 4.79 Å². The SMILES string of the molecule is COc1cc(N)cc(CN2CCN3C(=O)CCC3C2)c1. The fourth-order valence-corrected chi connectivity index (χ4v) is 3.23. The van der Waals surface area contributed by atoms with Gasteiger partial charge in [-0.1, -0.05) is 0 Å². The third kappa shape index (κ3) is 2.58. The number of carbonyl (C=O) groups is 1. The van der Waals surface area contributed by atoms with Gasteiger partial charge < -0.3 is 15.4 Å². The maximum absolute atomic E-state index is 11.7. The van der Waals surface area contributed by atoms with Gasteiger partial charge in [0.1, 0.15) is 5.75 Å². The summed E-state index contributed by atoms with van der Waals surface area (Å²) in [5.41, 5.74) is 7.79. The molecular weight excluding hydrogens is 254 g/mol. The summed E-state index contributed by atoms with van der Waals surface area (Å²) in [4.78, 5) is 16.1. The fraction of sp³-hybridized carbons (Fsp3) is 0.533. The number of nitrogens with zero attached hydrogens (tertiary/aromatic N) is 2. The Morgan fingerprint density at radius 2 is 2.20 bits per heavy atom. The third-order valence-corrected chi connectivity index (χ3v) is 4.21. The van der Waals surface area contributed by atoms with E-state index in [1.54, 1.807) is 7.11 Å². The van der Waals surface area contributed by atoms with Gasteiger partial charge >= 0.3 is 0 Å². The molecule has 1 atom stereocenters. The summed E-state index contributed by atoms with van der Waals surface area (Å²) in [7, 11) is 1.65. The second-order valence-electron chi connectivity index (χ2n) is 5.63. The molecule has 2 heterocycles. The zero-order valence-corrected chi connectivity index (χ0v) is 11.8. The number of benzene rings is 1. The molecule has 5 nitrogen and oxygen atoms in total. The van der Waals surface area contributed by atoms with Gasteiger partial charge in [0.25, 0.3) is 0 Å². The van der Waals surface area contributed by atoms with Crippen molar-refractivity contribution in [1.82, 2.24) is 9.80 Å². The number of methoxy groups -OCH3 is 1. The second-order valence-corrected chi connectivity index (χ2v) is 5.63. The van der Waals surface area contributed by atoms with Crippen molar-refractivity contribution in [1.29, 1.82) is 0 Å². The highest BCUT2D eigenvalue weighted by atomic mass is 16.5. The Balaban J connectivity index is 1.67. The van der Waals surface area contributed by atoms with Gasteiger partial charge in [0.15, 0.2) is 0 Å². The summed E-state index contributed by atoms with van der Waals surface area (Å²) in [5, 5.41) is 0. The molecule has 2 saturated heterocycles. The van der Waals surface area contributed by atoms with Gasteiger partial charge in [-0.2, -0.15) is 0 Å². The molecule has 0 spiro atoms. The van der Waals surface area contributed by atoms with Crippen LogP contribution in [0.15, 0.2) is 18.2 Å². The zero-order chi connectivity index (χ0) is 14.1. The Labute approximate surface area is 119 Å². The quantitative estimate of drug-likeness (QED) is 0.839. The molecule has 0 aromatic heterocycles. The third-order valence-electron chi connectivity index (χ3n) is 4.21. The lowest BCUT2D eigenvalue weighted by Crippen LogP contribution is -2.50. The molecule has 0 bridgehead atoms. The Morgan fingerprint density at radius 3 is 3.00 bits per heavy atom. The lowest BCUT2D eigenvalue weighted by Gasteiger charge is -2.37. The van der Waals surface area contributed by atoms with Crippen LogP contribution in [-0.2, 0) is 11.3 Å². The lowest BCUT2D eigenvalue weighted by atomic mass is 10.1. The van der Waals surface area contributed by atoms with Crippen molar-refractivity contribution in [2.24, 2.45) is 0 Å². The molecule has 0 saturated carbocycles. The molecule has 20 heavy (non-hydrogen) atoms. The fourth-order valence-electron chi connectivity index (χ4n) is 3.23. The Kier molecular flexibility index (Phi) is 3.53. The molecule has 1 unspecified atom stereocenters. The van der Waals surface area contributed by atoms with Gasteiger partial charge in [-0.25, -0.2) is 0 Å². The molecule has 3 rings (SSSR count). The number of amides is 1. The van der Waals surface area contributed by atoms with Gasteiger partial charge in [0.2, 0.25) is 5.91 Å². The van der Waals surface area contributed by atoms with Crippen LogP contribution in [-0.4, -0.2) is 48.5 Å². The summed E-state index contributed by atoms with van der Waals surface area (Å²) in [6, 6.07) is 6.26. The van der Waals surface area contributed by atoms with E-state index in [2.05, 4.69) is 4.90 Å². The van der Waals surface area contributed by atoms with Gasteiger partial charge in [-0.3, -0.25) is 9.69 Å². The molecule has 2 N–H and O–H groups in total. The number of nitrogens with two attached hydrogens (primary N) is 1. The topological polar surface area (TPSA) is 58.8 Å². The van der Waals surface area contributed by atoms with Gasteiger partial charge in [-0.05, 0) is 24.1 Å². The second kappa shape index (κ2) is 5.32. The van der Waals surface area contributed by atoms with Crippen LogP contribution < -0.4 is 10.5 Å². The maximum atomic E-state index is 11.7. The largest absolute Gasteiger partial charge is 0.497 e. The van der Waals surface area contributed by atoms with Crippen molar-refractivity contribution in [3.8, 4) is 5.75 Å². The summed E-state index contributed by atoms with van der Waals surface area (Å²) >= 11 is 0. The number of hydrogen-bond acceptors (Lipinski definition) is 4. The van der Waals surface area contributed by atoms with E-state index in [-0.39, 0.29) is 0 Å². The number of rotatable bonds is 3. The minimum absolute atomic E-state index is 0.320. The number of fused-ring (bicyclic) bond motifs is 1. The summed E-state index contributed by atoms with van der Waals surface area (Å²) < 4.78 is 5.26. The molecule has 0 aliphatic carbocycles. The Hall–Kier alpha value is -1.75. The lowest BCUT2D eigenvalue weighted by molar-refractivity contribution is -0.130. The predicted molar refractivity (Wildman–Crippen MR) is 77.4 cm³/mol. The molecule has 108 valence electrons. The first kappa shape index (κ1) is 13.2. The average Bonchev–Trinajstić information content (AvgIpc) is 2.79. The number of ether oxygens (including phenoxy) is 1. The molecular formula is C15H21N3O2. The Bertz CT molecular complexity index is 518. The van der Waals surface area contributed by atoms with Crippen LogP contribution in [0.5, 0.6) is 5.75 Å². The average molecular weight is 275 g/mol. The van der Waals surface area contributed by atoms with Crippen LogP contribution >= 0.6 is 0 Å². The summed E-state index contributed by atoms with van der Waals surface area (Å²) in [6.07, 6.45) is 1.71. The standard InChI is InChI=1S/C15H21N3O2/c1-20-14-7-11(6-12(16)8-14)9-17-4-5-18-13(10-17)2-3-15(18)19/h6-8,13H,2-5,9-10,16H2,1H3. The number of carbonyl (C=O) groups excluding carboxylic acids is 1. The van der Waals surface area contributed by atoms with Gasteiger partial charge in [-0.15, -0.1) is 0 Å². The molecule has 1 amide bonds. The van der Waals surface area contributed by atoms with Crippen LogP contribution in [0.3, 0.4) is 0 Å². The van der Waals surface area contributed by atoms with Crippen molar-refractivity contribution in [2.75, 3.05) is 32.5 Å². The van der Waals surface area contributed by atoms with E-state index in [0.29, 0.717) is 18.4 Å². The first-order valence-electron chi connectivity index (χ1n) is 7.11. The molecule has 1 aromatic rings. The van der Waals surface area contributed by atoms with Gasteiger partial charge in [0.05, 0.1) is 7.11 Å². The molecule has 0 radical (unpaired) electrons. The number of anilines is 1. The van der Waals surface area contributed by atoms with Crippen LogP contribution in [0.2, 0.25) is 0 Å². The smallest absolute Gasteiger partial charge is 0.222 e. The number of nitrogen functional groups attached to an aromatic ring is 1. The molecule has 1 aromatic carbocycles. The summed E-state index contributed by atoms with van der Waals surface area (Å²) in [6.45, 7) is 3.60. The molecule has 2 fully saturated rings. The molecule has 2 aliphatic rings. The normalized spacial score (nSPS) is 22.9. The predicted octanol–water partition coefficient (Wildman–Crippen LogP) is 1.08. The summed E-state index contributed by atoms with van der Waals surface area (Å²) in [5.74, 6) is 1.12. The van der Waals surface area contributed by atoms with Crippen LogP contribution in [0.1, 0.15) is 18.4 Å².